The second-order valence-corrected chi connectivity index (χ2v) is 4.62. The van der Waals surface area contributed by atoms with Crippen LogP contribution in [0.3, 0.4) is 0 Å². The molecule has 0 aliphatic carbocycles. The van der Waals surface area contributed by atoms with Gasteiger partial charge in [-0.25, -0.2) is 4.98 Å². The fourth-order valence-corrected chi connectivity index (χ4v) is 1.61. The molecule has 0 fully saturated rings. The molecule has 0 radical (unpaired) electrons. The Balaban J connectivity index is 2.66. The summed E-state index contributed by atoms with van der Waals surface area (Å²) in [5, 5.41) is 3.30. The molecule has 102 valence electrons. The first-order valence-electron chi connectivity index (χ1n) is 6.75. The summed E-state index contributed by atoms with van der Waals surface area (Å²) < 4.78 is 5.65. The first kappa shape index (κ1) is 14.8. The zero-order valence-electron chi connectivity index (χ0n) is 11.7. The van der Waals surface area contributed by atoms with Crippen molar-refractivity contribution in [1.82, 2.24) is 4.98 Å². The molecule has 0 aromatic carbocycles. The van der Waals surface area contributed by atoms with Gasteiger partial charge in [0.1, 0.15) is 0 Å². The van der Waals surface area contributed by atoms with Crippen LogP contribution in [0.15, 0.2) is 18.3 Å². The number of hydrogen-bond donors (Lipinski definition) is 2. The van der Waals surface area contributed by atoms with Crippen molar-refractivity contribution in [3.05, 3.63) is 18.3 Å². The average molecular weight is 251 g/mol. The Morgan fingerprint density at radius 2 is 2.06 bits per heavy atom. The number of nitrogens with two attached hydrogens (primary N) is 1. The number of aromatic nitrogens is 1. The van der Waals surface area contributed by atoms with Gasteiger partial charge in [-0.05, 0) is 31.4 Å². The van der Waals surface area contributed by atoms with E-state index in [2.05, 4.69) is 31.1 Å². The molecule has 4 nitrogen and oxygen atoms in total. The zero-order valence-corrected chi connectivity index (χ0v) is 11.7. The lowest BCUT2D eigenvalue weighted by Crippen LogP contribution is -2.45. The third-order valence-electron chi connectivity index (χ3n) is 3.25. The molecule has 0 saturated carbocycles. The number of rotatable bonds is 8. The number of ether oxygens (including phenoxy) is 1. The van der Waals surface area contributed by atoms with Crippen LogP contribution in [0, 0.1) is 0 Å². The van der Waals surface area contributed by atoms with Gasteiger partial charge in [0.25, 0.3) is 0 Å². The van der Waals surface area contributed by atoms with E-state index in [9.17, 15) is 0 Å². The van der Waals surface area contributed by atoms with Crippen LogP contribution in [0.2, 0.25) is 0 Å². The highest BCUT2D eigenvalue weighted by Crippen LogP contribution is 2.22. The Morgan fingerprint density at radius 1 is 1.33 bits per heavy atom. The van der Waals surface area contributed by atoms with E-state index in [1.807, 2.05) is 12.1 Å². The Hall–Kier alpha value is -1.29. The van der Waals surface area contributed by atoms with Crippen molar-refractivity contribution in [1.29, 1.82) is 0 Å². The Kier molecular flexibility index (Phi) is 5.92. The predicted molar refractivity (Wildman–Crippen MR) is 76.0 cm³/mol. The molecule has 1 aromatic heterocycles. The number of nitrogens with one attached hydrogen (secondary N) is 1. The minimum Gasteiger partial charge on any atom is -0.490 e. The molecule has 0 spiro atoms. The summed E-state index contributed by atoms with van der Waals surface area (Å²) in [6.07, 6.45) is 4.62. The van der Waals surface area contributed by atoms with E-state index in [0.29, 0.717) is 13.2 Å². The molecule has 3 N–H and O–H groups in total. The molecular formula is C14H25N3O. The van der Waals surface area contributed by atoms with Crippen LogP contribution in [0.4, 0.5) is 5.82 Å². The van der Waals surface area contributed by atoms with Crippen molar-refractivity contribution >= 4 is 5.82 Å². The molecule has 0 amide bonds. The monoisotopic (exact) mass is 251 g/mol. The number of hydrogen-bond acceptors (Lipinski definition) is 4. The molecule has 0 aliphatic rings. The maximum atomic E-state index is 6.26. The van der Waals surface area contributed by atoms with Crippen LogP contribution in [-0.2, 0) is 0 Å². The van der Waals surface area contributed by atoms with Gasteiger partial charge in [-0.1, -0.05) is 20.8 Å². The first-order chi connectivity index (χ1) is 8.65. The standard InChI is InChI=1S/C14H25N3O/c1-4-10-18-12-8-7-9-16-13(12)17-11-14(15,5-2)6-3/h7-9H,4-6,10-11,15H2,1-3H3,(H,16,17). The Labute approximate surface area is 110 Å². The summed E-state index contributed by atoms with van der Waals surface area (Å²) in [6.45, 7) is 7.72. The van der Waals surface area contributed by atoms with Gasteiger partial charge in [-0.3, -0.25) is 0 Å². The topological polar surface area (TPSA) is 60.2 Å². The number of nitrogens with zero attached hydrogens (tertiary/aromatic N) is 1. The highest BCUT2D eigenvalue weighted by Gasteiger charge is 2.20. The normalized spacial score (nSPS) is 11.3. The van der Waals surface area contributed by atoms with Gasteiger partial charge in [0, 0.05) is 18.3 Å². The molecule has 0 aliphatic heterocycles. The summed E-state index contributed by atoms with van der Waals surface area (Å²) in [6, 6.07) is 3.81. The van der Waals surface area contributed by atoms with Gasteiger partial charge < -0.3 is 15.8 Å². The third-order valence-corrected chi connectivity index (χ3v) is 3.25. The molecule has 1 aromatic rings. The van der Waals surface area contributed by atoms with E-state index in [-0.39, 0.29) is 5.54 Å². The summed E-state index contributed by atoms with van der Waals surface area (Å²) in [5.41, 5.74) is 6.08. The molecule has 0 saturated heterocycles. The van der Waals surface area contributed by atoms with Crippen LogP contribution in [0.1, 0.15) is 40.0 Å². The molecule has 1 rings (SSSR count). The van der Waals surface area contributed by atoms with E-state index >= 15 is 0 Å². The molecule has 0 atom stereocenters. The predicted octanol–water partition coefficient (Wildman–Crippen LogP) is 2.80. The lowest BCUT2D eigenvalue weighted by molar-refractivity contribution is 0.317. The van der Waals surface area contributed by atoms with E-state index in [1.54, 1.807) is 6.20 Å². The summed E-state index contributed by atoms with van der Waals surface area (Å²) in [5.74, 6) is 1.58. The number of anilines is 1. The maximum absolute atomic E-state index is 6.26. The SMILES string of the molecule is CCCOc1cccnc1NCC(N)(CC)CC. The highest BCUT2D eigenvalue weighted by molar-refractivity contribution is 5.49. The first-order valence-corrected chi connectivity index (χ1v) is 6.75. The largest absolute Gasteiger partial charge is 0.490 e. The fraction of sp³-hybridized carbons (Fsp3) is 0.643. The Morgan fingerprint density at radius 3 is 2.67 bits per heavy atom. The average Bonchev–Trinajstić information content (AvgIpc) is 2.43. The van der Waals surface area contributed by atoms with Crippen molar-refractivity contribution in [2.24, 2.45) is 5.73 Å². The van der Waals surface area contributed by atoms with Crippen LogP contribution in [0.5, 0.6) is 5.75 Å². The summed E-state index contributed by atoms with van der Waals surface area (Å²) in [7, 11) is 0. The highest BCUT2D eigenvalue weighted by atomic mass is 16.5. The van der Waals surface area contributed by atoms with Gasteiger partial charge in [-0.15, -0.1) is 0 Å². The van der Waals surface area contributed by atoms with Crippen LogP contribution in [0.25, 0.3) is 0 Å². The van der Waals surface area contributed by atoms with Crippen molar-refractivity contribution in [2.75, 3.05) is 18.5 Å². The fourth-order valence-electron chi connectivity index (χ4n) is 1.61. The second kappa shape index (κ2) is 7.21. The van der Waals surface area contributed by atoms with E-state index < -0.39 is 0 Å². The zero-order chi connectivity index (χ0) is 13.4. The van der Waals surface area contributed by atoms with Crippen LogP contribution >= 0.6 is 0 Å². The van der Waals surface area contributed by atoms with Crippen molar-refractivity contribution in [2.45, 2.75) is 45.6 Å². The van der Waals surface area contributed by atoms with Crippen molar-refractivity contribution < 1.29 is 4.74 Å². The van der Waals surface area contributed by atoms with Crippen molar-refractivity contribution in [3.63, 3.8) is 0 Å². The maximum Gasteiger partial charge on any atom is 0.168 e. The van der Waals surface area contributed by atoms with Gasteiger partial charge in [0.2, 0.25) is 0 Å². The quantitative estimate of drug-likeness (QED) is 0.746. The minimum atomic E-state index is -0.181. The van der Waals surface area contributed by atoms with Crippen LogP contribution in [-0.4, -0.2) is 23.7 Å². The van der Waals surface area contributed by atoms with E-state index in [4.69, 9.17) is 10.5 Å². The van der Waals surface area contributed by atoms with Gasteiger partial charge in [0.05, 0.1) is 6.61 Å². The van der Waals surface area contributed by atoms with E-state index in [1.165, 1.54) is 0 Å². The van der Waals surface area contributed by atoms with Crippen LogP contribution < -0.4 is 15.8 Å². The molecule has 0 unspecified atom stereocenters. The molecule has 1 heterocycles. The smallest absolute Gasteiger partial charge is 0.168 e. The second-order valence-electron chi connectivity index (χ2n) is 4.62. The molecule has 18 heavy (non-hydrogen) atoms. The van der Waals surface area contributed by atoms with Gasteiger partial charge in [0.15, 0.2) is 11.6 Å². The molecule has 4 heteroatoms. The number of pyridine rings is 1. The Bertz CT molecular complexity index is 351. The third kappa shape index (κ3) is 4.18. The lowest BCUT2D eigenvalue weighted by Gasteiger charge is -2.27. The van der Waals surface area contributed by atoms with Gasteiger partial charge in [-0.2, -0.15) is 0 Å². The minimum absolute atomic E-state index is 0.181. The lowest BCUT2D eigenvalue weighted by atomic mass is 9.94. The summed E-state index contributed by atoms with van der Waals surface area (Å²) in [4.78, 5) is 4.31. The molecular weight excluding hydrogens is 226 g/mol. The summed E-state index contributed by atoms with van der Waals surface area (Å²) >= 11 is 0. The van der Waals surface area contributed by atoms with Gasteiger partial charge >= 0.3 is 0 Å². The molecule has 0 bridgehead atoms. The van der Waals surface area contributed by atoms with E-state index in [0.717, 1.165) is 30.8 Å². The van der Waals surface area contributed by atoms with Crippen molar-refractivity contribution in [3.8, 4) is 5.75 Å².